The summed E-state index contributed by atoms with van der Waals surface area (Å²) in [6.07, 6.45) is 9.98. The van der Waals surface area contributed by atoms with Gasteiger partial charge in [0, 0.05) is 6.54 Å². The first-order valence-corrected chi connectivity index (χ1v) is 12.8. The minimum absolute atomic E-state index is 0.770. The molecule has 0 aliphatic heterocycles. The fraction of sp³-hybridized carbons (Fsp3) is 0.571. The predicted octanol–water partition coefficient (Wildman–Crippen LogP) is 4.50. The molecule has 1 unspecified atom stereocenters. The lowest BCUT2D eigenvalue weighted by Crippen LogP contribution is -2.24. The average molecular weight is 439 g/mol. The fourth-order valence-corrected chi connectivity index (χ4v) is 4.11. The molecule has 32 heavy (non-hydrogen) atoms. The number of rotatable bonds is 20. The standard InChI is InChI=1S/C28H46N4/c29-18-10-20-30-19-9-3-8-14-27(24-26-12-4-1-5-13-26)17-23-31-21-11-22-32-25-28-15-6-2-7-16-28/h1-2,4-7,12-13,15-16,27,30-32H,3,8-11,14,17-25,29H2. The molecule has 178 valence electrons. The minimum atomic E-state index is 0.770. The molecule has 0 heterocycles. The van der Waals surface area contributed by atoms with E-state index in [0.29, 0.717) is 0 Å². The first-order valence-electron chi connectivity index (χ1n) is 12.8. The van der Waals surface area contributed by atoms with Gasteiger partial charge in [-0.25, -0.2) is 0 Å². The Kier molecular flexibility index (Phi) is 15.6. The van der Waals surface area contributed by atoms with Crippen LogP contribution in [0.4, 0.5) is 0 Å². The van der Waals surface area contributed by atoms with Crippen molar-refractivity contribution in [2.75, 3.05) is 39.3 Å². The second-order valence-corrected chi connectivity index (χ2v) is 8.85. The third-order valence-electron chi connectivity index (χ3n) is 6.00. The van der Waals surface area contributed by atoms with Crippen molar-refractivity contribution in [3.8, 4) is 0 Å². The van der Waals surface area contributed by atoms with Gasteiger partial charge in [-0.05, 0) is 88.4 Å². The number of benzene rings is 2. The maximum Gasteiger partial charge on any atom is 0.0205 e. The van der Waals surface area contributed by atoms with E-state index in [9.17, 15) is 0 Å². The molecule has 0 saturated heterocycles. The topological polar surface area (TPSA) is 62.1 Å². The van der Waals surface area contributed by atoms with Gasteiger partial charge in [-0.1, -0.05) is 79.9 Å². The van der Waals surface area contributed by atoms with Gasteiger partial charge in [0.2, 0.25) is 0 Å². The average Bonchev–Trinajstić information content (AvgIpc) is 2.83. The number of nitrogens with two attached hydrogens (primary N) is 1. The van der Waals surface area contributed by atoms with E-state index in [2.05, 4.69) is 76.6 Å². The van der Waals surface area contributed by atoms with E-state index in [1.807, 2.05) is 0 Å². The first kappa shape index (κ1) is 26.5. The van der Waals surface area contributed by atoms with Crippen LogP contribution in [0.3, 0.4) is 0 Å². The van der Waals surface area contributed by atoms with Crippen LogP contribution in [-0.2, 0) is 13.0 Å². The van der Waals surface area contributed by atoms with E-state index in [4.69, 9.17) is 5.73 Å². The molecule has 4 heteroatoms. The smallest absolute Gasteiger partial charge is 0.0205 e. The van der Waals surface area contributed by atoms with Gasteiger partial charge >= 0.3 is 0 Å². The molecule has 0 fully saturated rings. The zero-order valence-electron chi connectivity index (χ0n) is 20.0. The van der Waals surface area contributed by atoms with Gasteiger partial charge in [-0.2, -0.15) is 0 Å². The van der Waals surface area contributed by atoms with Gasteiger partial charge in [0.05, 0.1) is 0 Å². The van der Waals surface area contributed by atoms with Crippen LogP contribution in [0.1, 0.15) is 56.1 Å². The van der Waals surface area contributed by atoms with Crippen molar-refractivity contribution >= 4 is 0 Å². The Labute approximate surface area is 196 Å². The highest BCUT2D eigenvalue weighted by atomic mass is 14.9. The van der Waals surface area contributed by atoms with E-state index in [1.54, 1.807) is 0 Å². The zero-order chi connectivity index (χ0) is 22.5. The molecule has 0 aromatic heterocycles. The molecule has 0 spiro atoms. The molecule has 2 aromatic rings. The van der Waals surface area contributed by atoms with Crippen molar-refractivity contribution in [1.82, 2.24) is 16.0 Å². The van der Waals surface area contributed by atoms with Crippen LogP contribution in [0.2, 0.25) is 0 Å². The molecule has 0 amide bonds. The quantitative estimate of drug-likeness (QED) is 0.230. The summed E-state index contributed by atoms with van der Waals surface area (Å²) >= 11 is 0. The van der Waals surface area contributed by atoms with Crippen molar-refractivity contribution in [1.29, 1.82) is 0 Å². The van der Waals surface area contributed by atoms with Gasteiger partial charge in [0.15, 0.2) is 0 Å². The van der Waals surface area contributed by atoms with Crippen LogP contribution in [0.5, 0.6) is 0 Å². The first-order chi connectivity index (χ1) is 15.9. The third-order valence-corrected chi connectivity index (χ3v) is 6.00. The Hall–Kier alpha value is -1.72. The summed E-state index contributed by atoms with van der Waals surface area (Å²) in [5.74, 6) is 0.770. The van der Waals surface area contributed by atoms with E-state index in [1.165, 1.54) is 56.1 Å². The summed E-state index contributed by atoms with van der Waals surface area (Å²) in [7, 11) is 0. The largest absolute Gasteiger partial charge is 0.330 e. The van der Waals surface area contributed by atoms with E-state index < -0.39 is 0 Å². The molecule has 2 aromatic carbocycles. The number of unbranched alkanes of at least 4 members (excludes halogenated alkanes) is 2. The maximum atomic E-state index is 5.54. The van der Waals surface area contributed by atoms with Crippen molar-refractivity contribution in [2.24, 2.45) is 11.7 Å². The summed E-state index contributed by atoms with van der Waals surface area (Å²) in [6, 6.07) is 21.6. The van der Waals surface area contributed by atoms with Gasteiger partial charge in [-0.3, -0.25) is 0 Å². The minimum Gasteiger partial charge on any atom is -0.330 e. The van der Waals surface area contributed by atoms with Crippen LogP contribution in [0.25, 0.3) is 0 Å². The zero-order valence-corrected chi connectivity index (χ0v) is 20.0. The van der Waals surface area contributed by atoms with E-state index in [-0.39, 0.29) is 0 Å². The van der Waals surface area contributed by atoms with Crippen molar-refractivity contribution in [3.63, 3.8) is 0 Å². The van der Waals surface area contributed by atoms with Crippen molar-refractivity contribution in [3.05, 3.63) is 71.8 Å². The second-order valence-electron chi connectivity index (χ2n) is 8.85. The Morgan fingerprint density at radius 3 is 1.94 bits per heavy atom. The Morgan fingerprint density at radius 1 is 0.562 bits per heavy atom. The monoisotopic (exact) mass is 438 g/mol. The van der Waals surface area contributed by atoms with Gasteiger partial charge in [-0.15, -0.1) is 0 Å². The van der Waals surface area contributed by atoms with E-state index >= 15 is 0 Å². The van der Waals surface area contributed by atoms with Crippen molar-refractivity contribution in [2.45, 2.75) is 57.9 Å². The van der Waals surface area contributed by atoms with Gasteiger partial charge in [0.1, 0.15) is 0 Å². The van der Waals surface area contributed by atoms with Gasteiger partial charge in [0.25, 0.3) is 0 Å². The Bertz CT molecular complexity index is 647. The SMILES string of the molecule is NCCCNCCCCCC(CCNCCCNCc1ccccc1)Cc1ccccc1. The summed E-state index contributed by atoms with van der Waals surface area (Å²) < 4.78 is 0. The maximum absolute atomic E-state index is 5.54. The molecular weight excluding hydrogens is 392 g/mol. The Balaban J connectivity index is 1.55. The highest BCUT2D eigenvalue weighted by molar-refractivity contribution is 5.15. The number of hydrogen-bond donors (Lipinski definition) is 4. The van der Waals surface area contributed by atoms with E-state index in [0.717, 1.165) is 58.2 Å². The highest BCUT2D eigenvalue weighted by Gasteiger charge is 2.09. The van der Waals surface area contributed by atoms with Crippen LogP contribution < -0.4 is 21.7 Å². The van der Waals surface area contributed by atoms with Crippen LogP contribution in [0, 0.1) is 5.92 Å². The lowest BCUT2D eigenvalue weighted by atomic mass is 9.91. The summed E-state index contributed by atoms with van der Waals surface area (Å²) in [6.45, 7) is 7.21. The van der Waals surface area contributed by atoms with Crippen LogP contribution >= 0.6 is 0 Å². The molecule has 0 aliphatic carbocycles. The molecule has 2 rings (SSSR count). The van der Waals surface area contributed by atoms with Gasteiger partial charge < -0.3 is 21.7 Å². The lowest BCUT2D eigenvalue weighted by Gasteiger charge is -2.18. The molecule has 0 aliphatic rings. The third kappa shape index (κ3) is 13.6. The normalized spacial score (nSPS) is 12.2. The molecule has 5 N–H and O–H groups in total. The summed E-state index contributed by atoms with van der Waals surface area (Å²) in [4.78, 5) is 0. The molecule has 1 atom stereocenters. The predicted molar refractivity (Wildman–Crippen MR) is 139 cm³/mol. The second kappa shape index (κ2) is 18.8. The highest BCUT2D eigenvalue weighted by Crippen LogP contribution is 2.19. The number of nitrogens with one attached hydrogen (secondary N) is 3. The molecule has 0 saturated carbocycles. The molecule has 4 nitrogen and oxygen atoms in total. The molecule has 0 bridgehead atoms. The van der Waals surface area contributed by atoms with Crippen LogP contribution in [0.15, 0.2) is 60.7 Å². The Morgan fingerprint density at radius 2 is 1.19 bits per heavy atom. The fourth-order valence-electron chi connectivity index (χ4n) is 4.11. The molecular formula is C28H46N4. The van der Waals surface area contributed by atoms with Crippen LogP contribution in [-0.4, -0.2) is 39.3 Å². The summed E-state index contributed by atoms with van der Waals surface area (Å²) in [5.41, 5.74) is 8.38. The summed E-state index contributed by atoms with van der Waals surface area (Å²) in [5, 5.41) is 10.7. The number of hydrogen-bond acceptors (Lipinski definition) is 4. The molecule has 0 radical (unpaired) electrons. The lowest BCUT2D eigenvalue weighted by molar-refractivity contribution is 0.409. The van der Waals surface area contributed by atoms with Crippen molar-refractivity contribution < 1.29 is 0 Å².